The average Bonchev–Trinajstić information content (AvgIpc) is 2.60. The fourth-order valence-electron chi connectivity index (χ4n) is 2.82. The number of amides is 1. The zero-order chi connectivity index (χ0) is 14.4. The summed E-state index contributed by atoms with van der Waals surface area (Å²) in [6, 6.07) is 0. The van der Waals surface area contributed by atoms with Crippen molar-refractivity contribution >= 4 is 12.1 Å². The highest BCUT2D eigenvalue weighted by Crippen LogP contribution is 2.38. The topological polar surface area (TPSA) is 32.7 Å². The van der Waals surface area contributed by atoms with Crippen LogP contribution in [0.3, 0.4) is 0 Å². The molecule has 0 bridgehead atoms. The Morgan fingerprint density at radius 2 is 1.84 bits per heavy atom. The molecule has 1 amide bonds. The molecule has 0 saturated carbocycles. The first kappa shape index (κ1) is 14.3. The van der Waals surface area contributed by atoms with E-state index in [1.165, 1.54) is 11.1 Å². The van der Waals surface area contributed by atoms with Crippen molar-refractivity contribution in [1.29, 1.82) is 0 Å². The van der Waals surface area contributed by atoms with Gasteiger partial charge >= 0.3 is 0 Å². The Kier molecular flexibility index (Phi) is 3.36. The minimum atomic E-state index is -0.133. The number of hydrogen-bond donors (Lipinski definition) is 0. The highest BCUT2D eigenvalue weighted by molar-refractivity contribution is 5.88. The lowest BCUT2D eigenvalue weighted by atomic mass is 9.76. The van der Waals surface area contributed by atoms with Gasteiger partial charge in [-0.1, -0.05) is 20.8 Å². The smallest absolute Gasteiger partial charge is 0.227 e. The van der Waals surface area contributed by atoms with Gasteiger partial charge in [-0.05, 0) is 43.8 Å². The molecule has 1 atom stereocenters. The largest absolute Gasteiger partial charge is 0.334 e. The van der Waals surface area contributed by atoms with Crippen LogP contribution in [-0.4, -0.2) is 35.7 Å². The van der Waals surface area contributed by atoms with Crippen LogP contribution >= 0.6 is 0 Å². The monoisotopic (exact) mass is 262 g/mol. The van der Waals surface area contributed by atoms with Gasteiger partial charge in [0.25, 0.3) is 0 Å². The van der Waals surface area contributed by atoms with E-state index in [-0.39, 0.29) is 16.9 Å². The van der Waals surface area contributed by atoms with Crippen LogP contribution in [0.2, 0.25) is 0 Å². The van der Waals surface area contributed by atoms with Gasteiger partial charge in [-0.25, -0.2) is 0 Å². The number of aliphatic imine (C=N–C) groups is 1. The van der Waals surface area contributed by atoms with Gasteiger partial charge in [0.2, 0.25) is 5.91 Å². The highest BCUT2D eigenvalue weighted by atomic mass is 16.2. The predicted octanol–water partition coefficient (Wildman–Crippen LogP) is 3.06. The first-order chi connectivity index (χ1) is 8.60. The van der Waals surface area contributed by atoms with Crippen LogP contribution in [-0.2, 0) is 4.79 Å². The Bertz CT molecular complexity index is 446. The van der Waals surface area contributed by atoms with Crippen LogP contribution in [0.15, 0.2) is 16.1 Å². The third-order valence-electron chi connectivity index (χ3n) is 4.18. The van der Waals surface area contributed by atoms with E-state index < -0.39 is 0 Å². The zero-order valence-corrected chi connectivity index (χ0v) is 13.1. The fraction of sp³-hybridized carbons (Fsp3) is 0.750. The fourth-order valence-corrected chi connectivity index (χ4v) is 2.82. The van der Waals surface area contributed by atoms with E-state index >= 15 is 0 Å². The summed E-state index contributed by atoms with van der Waals surface area (Å²) >= 11 is 0. The van der Waals surface area contributed by atoms with Crippen molar-refractivity contribution in [2.24, 2.45) is 16.3 Å². The van der Waals surface area contributed by atoms with Crippen LogP contribution in [0.1, 0.15) is 48.0 Å². The van der Waals surface area contributed by atoms with Gasteiger partial charge in [-0.15, -0.1) is 0 Å². The van der Waals surface area contributed by atoms with Gasteiger partial charge in [0.05, 0.1) is 6.54 Å². The standard InChI is InChI=1S/C16H26N2O/c1-15(2,3)13-7-11-8-17-9-12(11)10-18(14(13)19)16(4,5)6/h8,13H,7,9-10H2,1-6H3. The van der Waals surface area contributed by atoms with E-state index in [1.807, 2.05) is 11.1 Å². The summed E-state index contributed by atoms with van der Waals surface area (Å²) in [6.07, 6.45) is 2.82. The Labute approximate surface area is 116 Å². The molecule has 0 aromatic heterocycles. The number of rotatable bonds is 0. The summed E-state index contributed by atoms with van der Waals surface area (Å²) < 4.78 is 0. The van der Waals surface area contributed by atoms with Crippen molar-refractivity contribution in [2.45, 2.75) is 53.5 Å². The minimum absolute atomic E-state index is 0.0144. The Morgan fingerprint density at radius 1 is 1.21 bits per heavy atom. The number of carbonyl (C=O) groups excluding carboxylic acids is 1. The molecular weight excluding hydrogens is 236 g/mol. The molecule has 0 radical (unpaired) electrons. The van der Waals surface area contributed by atoms with Crippen LogP contribution < -0.4 is 0 Å². The molecule has 2 aliphatic rings. The Morgan fingerprint density at radius 3 is 2.37 bits per heavy atom. The summed E-state index contributed by atoms with van der Waals surface area (Å²) in [7, 11) is 0. The second-order valence-corrected chi connectivity index (χ2v) is 7.82. The molecule has 2 rings (SSSR count). The summed E-state index contributed by atoms with van der Waals surface area (Å²) in [5.74, 6) is 0.339. The first-order valence-electron chi connectivity index (χ1n) is 7.13. The van der Waals surface area contributed by atoms with Gasteiger partial charge in [0.15, 0.2) is 0 Å². The van der Waals surface area contributed by atoms with Gasteiger partial charge in [-0.2, -0.15) is 0 Å². The molecule has 0 aliphatic carbocycles. The van der Waals surface area contributed by atoms with Crippen molar-refractivity contribution in [3.8, 4) is 0 Å². The maximum Gasteiger partial charge on any atom is 0.227 e. The molecule has 0 saturated heterocycles. The zero-order valence-electron chi connectivity index (χ0n) is 13.1. The lowest BCUT2D eigenvalue weighted by Gasteiger charge is -2.40. The molecule has 0 N–H and O–H groups in total. The molecule has 0 aromatic rings. The normalized spacial score (nSPS) is 24.8. The molecule has 0 fully saturated rings. The molecule has 19 heavy (non-hydrogen) atoms. The Hall–Kier alpha value is -1.12. The van der Waals surface area contributed by atoms with Crippen LogP contribution in [0, 0.1) is 11.3 Å². The van der Waals surface area contributed by atoms with E-state index in [9.17, 15) is 4.79 Å². The highest BCUT2D eigenvalue weighted by Gasteiger charge is 2.41. The van der Waals surface area contributed by atoms with Gasteiger partial charge in [0, 0.05) is 24.2 Å². The number of hydrogen-bond acceptors (Lipinski definition) is 2. The molecule has 2 heterocycles. The van der Waals surface area contributed by atoms with Gasteiger partial charge < -0.3 is 4.90 Å². The predicted molar refractivity (Wildman–Crippen MR) is 79.4 cm³/mol. The maximum atomic E-state index is 12.9. The minimum Gasteiger partial charge on any atom is -0.334 e. The Balaban J connectivity index is 2.41. The van der Waals surface area contributed by atoms with Crippen LogP contribution in [0.5, 0.6) is 0 Å². The quantitative estimate of drug-likeness (QED) is 0.660. The lowest BCUT2D eigenvalue weighted by molar-refractivity contribution is -0.142. The van der Waals surface area contributed by atoms with Crippen molar-refractivity contribution in [1.82, 2.24) is 4.90 Å². The van der Waals surface area contributed by atoms with Crippen molar-refractivity contribution in [3.05, 3.63) is 11.1 Å². The maximum absolute atomic E-state index is 12.9. The molecule has 1 unspecified atom stereocenters. The third-order valence-corrected chi connectivity index (χ3v) is 4.18. The van der Waals surface area contributed by atoms with E-state index in [4.69, 9.17) is 0 Å². The molecule has 0 spiro atoms. The number of nitrogens with zero attached hydrogens (tertiary/aromatic N) is 2. The van der Waals surface area contributed by atoms with Gasteiger partial charge in [0.1, 0.15) is 0 Å². The van der Waals surface area contributed by atoms with Gasteiger partial charge in [-0.3, -0.25) is 9.79 Å². The van der Waals surface area contributed by atoms with Crippen molar-refractivity contribution in [3.63, 3.8) is 0 Å². The average molecular weight is 262 g/mol. The van der Waals surface area contributed by atoms with Crippen LogP contribution in [0.25, 0.3) is 0 Å². The molecule has 0 aromatic carbocycles. The van der Waals surface area contributed by atoms with E-state index in [0.29, 0.717) is 5.91 Å². The number of allylic oxidation sites excluding steroid dienone is 1. The second-order valence-electron chi connectivity index (χ2n) is 7.82. The summed E-state index contributed by atoms with van der Waals surface area (Å²) in [4.78, 5) is 19.4. The van der Waals surface area contributed by atoms with E-state index in [0.717, 1.165) is 19.5 Å². The van der Waals surface area contributed by atoms with Crippen molar-refractivity contribution < 1.29 is 4.79 Å². The summed E-state index contributed by atoms with van der Waals surface area (Å²) in [5, 5.41) is 0. The van der Waals surface area contributed by atoms with Crippen LogP contribution in [0.4, 0.5) is 0 Å². The molecule has 3 heteroatoms. The second kappa shape index (κ2) is 4.46. The lowest BCUT2D eigenvalue weighted by Crippen LogP contribution is -2.50. The molecule has 3 nitrogen and oxygen atoms in total. The van der Waals surface area contributed by atoms with E-state index in [2.05, 4.69) is 46.5 Å². The molecule has 2 aliphatic heterocycles. The first-order valence-corrected chi connectivity index (χ1v) is 7.13. The molecule has 106 valence electrons. The third kappa shape index (κ3) is 2.75. The van der Waals surface area contributed by atoms with E-state index in [1.54, 1.807) is 0 Å². The summed E-state index contributed by atoms with van der Waals surface area (Å²) in [5.41, 5.74) is 2.47. The summed E-state index contributed by atoms with van der Waals surface area (Å²) in [6.45, 7) is 14.3. The SMILES string of the molecule is CC(C)(C)C1CC2=C(CN=C2)CN(C(C)(C)C)C1=O. The number of carbonyl (C=O) groups is 1. The van der Waals surface area contributed by atoms with Crippen molar-refractivity contribution in [2.75, 3.05) is 13.1 Å². The molecular formula is C16H26N2O.